The van der Waals surface area contributed by atoms with Crippen molar-refractivity contribution in [2.24, 2.45) is 7.05 Å². The lowest BCUT2D eigenvalue weighted by molar-refractivity contribution is 0.0928. The summed E-state index contributed by atoms with van der Waals surface area (Å²) in [7, 11) is 1.80. The normalized spacial score (nSPS) is 18.5. The Morgan fingerprint density at radius 3 is 2.82 bits per heavy atom. The smallest absolute Gasteiger partial charge is 0.269 e. The minimum atomic E-state index is -0.0327. The van der Waals surface area contributed by atoms with E-state index in [4.69, 9.17) is 0 Å². The molecule has 1 saturated heterocycles. The van der Waals surface area contributed by atoms with Crippen LogP contribution < -0.4 is 5.32 Å². The Morgan fingerprint density at radius 1 is 1.36 bits per heavy atom. The molecule has 5 nitrogen and oxygen atoms in total. The van der Waals surface area contributed by atoms with Crippen LogP contribution in [0.15, 0.2) is 36.4 Å². The molecule has 5 heteroatoms. The zero-order valence-corrected chi connectivity index (χ0v) is 13.1. The summed E-state index contributed by atoms with van der Waals surface area (Å²) in [4.78, 5) is 14.7. The zero-order valence-electron chi connectivity index (χ0n) is 13.1. The average Bonchev–Trinajstić information content (AvgIpc) is 3.06. The van der Waals surface area contributed by atoms with Crippen LogP contribution in [0, 0.1) is 6.92 Å². The van der Waals surface area contributed by atoms with Crippen LogP contribution >= 0.6 is 0 Å². The lowest BCUT2D eigenvalue weighted by atomic mass is 10.2. The molecule has 116 valence electrons. The van der Waals surface area contributed by atoms with Crippen molar-refractivity contribution in [3.05, 3.63) is 53.3 Å². The highest BCUT2D eigenvalue weighted by Gasteiger charge is 2.25. The molecule has 0 spiro atoms. The Hall–Kier alpha value is -2.14. The van der Waals surface area contributed by atoms with E-state index in [0.717, 1.165) is 31.7 Å². The third-order valence-corrected chi connectivity index (χ3v) is 4.09. The largest absolute Gasteiger partial charge is 0.347 e. The summed E-state index contributed by atoms with van der Waals surface area (Å²) in [5.41, 5.74) is 2.81. The quantitative estimate of drug-likeness (QED) is 0.935. The predicted octanol–water partition coefficient (Wildman–Crippen LogP) is 1.73. The van der Waals surface area contributed by atoms with Gasteiger partial charge in [0.05, 0.1) is 5.69 Å². The van der Waals surface area contributed by atoms with Gasteiger partial charge in [-0.25, -0.2) is 0 Å². The van der Waals surface area contributed by atoms with Crippen LogP contribution in [-0.2, 0) is 13.6 Å². The van der Waals surface area contributed by atoms with Crippen molar-refractivity contribution < 1.29 is 4.79 Å². The Bertz CT molecular complexity index is 650. The van der Waals surface area contributed by atoms with Gasteiger partial charge in [0, 0.05) is 32.7 Å². The van der Waals surface area contributed by atoms with Crippen molar-refractivity contribution >= 4 is 5.91 Å². The molecular weight excluding hydrogens is 276 g/mol. The Labute approximate surface area is 130 Å². The second-order valence-corrected chi connectivity index (χ2v) is 5.97. The topological polar surface area (TPSA) is 50.2 Å². The maximum atomic E-state index is 12.3. The van der Waals surface area contributed by atoms with Crippen LogP contribution in [0.2, 0.25) is 0 Å². The summed E-state index contributed by atoms with van der Waals surface area (Å²) in [6.45, 7) is 4.76. The molecule has 1 aromatic carbocycles. The van der Waals surface area contributed by atoms with Gasteiger partial charge in [-0.3, -0.25) is 14.4 Å². The number of nitrogens with one attached hydrogen (secondary N) is 1. The van der Waals surface area contributed by atoms with Gasteiger partial charge in [-0.2, -0.15) is 5.10 Å². The van der Waals surface area contributed by atoms with Gasteiger partial charge < -0.3 is 5.32 Å². The van der Waals surface area contributed by atoms with Crippen LogP contribution in [0.3, 0.4) is 0 Å². The summed E-state index contributed by atoms with van der Waals surface area (Å²) in [6.07, 6.45) is 0.995. The molecular formula is C17H22N4O. The molecule has 22 heavy (non-hydrogen) atoms. The molecule has 1 atom stereocenters. The predicted molar refractivity (Wildman–Crippen MR) is 85.5 cm³/mol. The fourth-order valence-electron chi connectivity index (χ4n) is 3.02. The van der Waals surface area contributed by atoms with Crippen molar-refractivity contribution in [2.75, 3.05) is 13.1 Å². The Balaban J connectivity index is 1.55. The summed E-state index contributed by atoms with van der Waals surface area (Å²) in [5, 5.41) is 7.35. The molecule has 1 aromatic heterocycles. The van der Waals surface area contributed by atoms with E-state index in [2.05, 4.69) is 39.6 Å². The number of hydrogen-bond donors (Lipinski definition) is 1. The summed E-state index contributed by atoms with van der Waals surface area (Å²) < 4.78 is 1.64. The minimum absolute atomic E-state index is 0.0327. The molecule has 1 aliphatic heterocycles. The highest BCUT2D eigenvalue weighted by atomic mass is 16.2. The number of benzene rings is 1. The van der Waals surface area contributed by atoms with E-state index < -0.39 is 0 Å². The van der Waals surface area contributed by atoms with Gasteiger partial charge >= 0.3 is 0 Å². The number of carbonyl (C=O) groups excluding carboxylic acids is 1. The van der Waals surface area contributed by atoms with E-state index in [0.29, 0.717) is 5.69 Å². The molecule has 2 aromatic rings. The maximum absolute atomic E-state index is 12.3. The number of hydrogen-bond acceptors (Lipinski definition) is 3. The van der Waals surface area contributed by atoms with Crippen molar-refractivity contribution in [3.63, 3.8) is 0 Å². The fraction of sp³-hybridized carbons (Fsp3) is 0.412. The molecule has 0 radical (unpaired) electrons. The second kappa shape index (κ2) is 6.32. The van der Waals surface area contributed by atoms with Crippen molar-refractivity contribution in [1.29, 1.82) is 0 Å². The summed E-state index contributed by atoms with van der Waals surface area (Å²) in [6, 6.07) is 12.5. The molecule has 0 saturated carbocycles. The van der Waals surface area contributed by atoms with E-state index in [1.54, 1.807) is 11.7 Å². The van der Waals surface area contributed by atoms with Crippen molar-refractivity contribution in [2.45, 2.75) is 25.9 Å². The minimum Gasteiger partial charge on any atom is -0.347 e. The lowest BCUT2D eigenvalue weighted by Gasteiger charge is -2.16. The van der Waals surface area contributed by atoms with E-state index in [9.17, 15) is 4.79 Å². The highest BCUT2D eigenvalue weighted by Crippen LogP contribution is 2.14. The third kappa shape index (κ3) is 3.36. The van der Waals surface area contributed by atoms with Crippen LogP contribution in [0.1, 0.15) is 28.2 Å². The van der Waals surface area contributed by atoms with Crippen molar-refractivity contribution in [1.82, 2.24) is 20.0 Å². The summed E-state index contributed by atoms with van der Waals surface area (Å²) in [5.74, 6) is -0.0327. The summed E-state index contributed by atoms with van der Waals surface area (Å²) >= 11 is 0. The van der Waals surface area contributed by atoms with E-state index in [-0.39, 0.29) is 11.9 Å². The molecule has 0 unspecified atom stereocenters. The standard InChI is InChI=1S/C17H22N4O/c1-13-10-16(20(2)19-13)17(22)18-15-8-9-21(12-15)11-14-6-4-3-5-7-14/h3-7,10,15H,8-9,11-12H2,1-2H3,(H,18,22)/t15-/m0/s1. The number of likely N-dealkylation sites (tertiary alicyclic amines) is 1. The number of amides is 1. The molecule has 2 heterocycles. The van der Waals surface area contributed by atoms with E-state index in [1.807, 2.05) is 19.1 Å². The molecule has 1 N–H and O–H groups in total. The average molecular weight is 298 g/mol. The van der Waals surface area contributed by atoms with Crippen LogP contribution in [0.5, 0.6) is 0 Å². The van der Waals surface area contributed by atoms with Crippen molar-refractivity contribution in [3.8, 4) is 0 Å². The van der Waals surface area contributed by atoms with Crippen LogP contribution in [-0.4, -0.2) is 39.7 Å². The molecule has 0 aliphatic carbocycles. The lowest BCUT2D eigenvalue weighted by Crippen LogP contribution is -2.37. The number of nitrogens with zero attached hydrogens (tertiary/aromatic N) is 3. The van der Waals surface area contributed by atoms with Gasteiger partial charge in [0.15, 0.2) is 0 Å². The number of carbonyl (C=O) groups is 1. The molecule has 1 fully saturated rings. The number of aryl methyl sites for hydroxylation is 2. The first kappa shape index (κ1) is 14.8. The third-order valence-electron chi connectivity index (χ3n) is 4.09. The second-order valence-electron chi connectivity index (χ2n) is 5.97. The fourth-order valence-corrected chi connectivity index (χ4v) is 3.02. The number of aromatic nitrogens is 2. The van der Waals surface area contributed by atoms with Gasteiger partial charge in [0.2, 0.25) is 0 Å². The highest BCUT2D eigenvalue weighted by molar-refractivity contribution is 5.92. The first-order valence-electron chi connectivity index (χ1n) is 7.69. The monoisotopic (exact) mass is 298 g/mol. The zero-order chi connectivity index (χ0) is 15.5. The van der Waals surface area contributed by atoms with Crippen LogP contribution in [0.4, 0.5) is 0 Å². The SMILES string of the molecule is Cc1cc(C(=O)N[C@H]2CCN(Cc3ccccc3)C2)n(C)n1. The molecule has 1 amide bonds. The maximum Gasteiger partial charge on any atom is 0.269 e. The van der Waals surface area contributed by atoms with E-state index >= 15 is 0 Å². The van der Waals surface area contributed by atoms with Crippen LogP contribution in [0.25, 0.3) is 0 Å². The van der Waals surface area contributed by atoms with Gasteiger partial charge in [-0.05, 0) is 25.0 Å². The van der Waals surface area contributed by atoms with Gasteiger partial charge in [-0.1, -0.05) is 30.3 Å². The Morgan fingerprint density at radius 2 is 2.14 bits per heavy atom. The molecule has 1 aliphatic rings. The first-order chi connectivity index (χ1) is 10.6. The van der Waals surface area contributed by atoms with Gasteiger partial charge in [0.1, 0.15) is 5.69 Å². The molecule has 0 bridgehead atoms. The van der Waals surface area contributed by atoms with Gasteiger partial charge in [0.25, 0.3) is 5.91 Å². The Kier molecular flexibility index (Phi) is 4.24. The number of rotatable bonds is 4. The molecule has 3 rings (SSSR count). The van der Waals surface area contributed by atoms with E-state index in [1.165, 1.54) is 5.56 Å². The van der Waals surface area contributed by atoms with Gasteiger partial charge in [-0.15, -0.1) is 0 Å². The first-order valence-corrected chi connectivity index (χ1v) is 7.69.